The van der Waals surface area contributed by atoms with Gasteiger partial charge in [-0.05, 0) is 95.7 Å². The molecule has 10 aromatic carbocycles. The molecule has 316 valence electrons. The van der Waals surface area contributed by atoms with Crippen molar-refractivity contribution in [2.45, 2.75) is 0 Å². The van der Waals surface area contributed by atoms with Gasteiger partial charge in [-0.25, -0.2) is 9.97 Å². The molecule has 0 unspecified atom stereocenters. The predicted octanol–water partition coefficient (Wildman–Crippen LogP) is 15.8. The average molecular weight is 867 g/mol. The van der Waals surface area contributed by atoms with Crippen LogP contribution in [0.2, 0.25) is 0 Å². The first kappa shape index (κ1) is 37.0. The molecular weight excluding hydrogens is 829 g/mol. The number of aromatic nitrogens is 6. The van der Waals surface area contributed by atoms with Gasteiger partial charge in [-0.2, -0.15) is 0 Å². The summed E-state index contributed by atoms with van der Waals surface area (Å²) >= 11 is 0. The van der Waals surface area contributed by atoms with Crippen molar-refractivity contribution in [2.24, 2.45) is 0 Å². The van der Waals surface area contributed by atoms with Crippen LogP contribution >= 0.6 is 0 Å². The average Bonchev–Trinajstić information content (AvgIpc) is 4.17. The third kappa shape index (κ3) is 5.11. The monoisotopic (exact) mass is 866 g/mol. The zero-order valence-corrected chi connectivity index (χ0v) is 36.6. The minimum absolute atomic E-state index is 1.00. The van der Waals surface area contributed by atoms with E-state index in [2.05, 4.69) is 248 Å². The van der Waals surface area contributed by atoms with Crippen LogP contribution in [-0.2, 0) is 0 Å². The number of hydrogen-bond acceptors (Lipinski definition) is 2. The van der Waals surface area contributed by atoms with Gasteiger partial charge >= 0.3 is 0 Å². The smallest absolute Gasteiger partial charge is 0.148 e. The minimum Gasteiger partial charge on any atom is -0.309 e. The van der Waals surface area contributed by atoms with Gasteiger partial charge < -0.3 is 9.13 Å². The van der Waals surface area contributed by atoms with E-state index in [1.165, 1.54) is 92.6 Å². The summed E-state index contributed by atoms with van der Waals surface area (Å²) in [7, 11) is 0. The number of imidazole rings is 2. The minimum atomic E-state index is 1.00. The summed E-state index contributed by atoms with van der Waals surface area (Å²) < 4.78 is 9.42. The summed E-state index contributed by atoms with van der Waals surface area (Å²) in [6.07, 6.45) is 0. The lowest BCUT2D eigenvalue weighted by molar-refractivity contribution is 1.18. The van der Waals surface area contributed by atoms with Gasteiger partial charge in [0.2, 0.25) is 0 Å². The van der Waals surface area contributed by atoms with Gasteiger partial charge in [-0.3, -0.25) is 8.80 Å². The number of nitrogens with zero attached hydrogens (tertiary/aromatic N) is 6. The molecule has 0 radical (unpaired) electrons. The first-order valence-electron chi connectivity index (χ1n) is 23.2. The molecule has 0 spiro atoms. The molecule has 0 N–H and O–H groups in total. The Labute approximate surface area is 388 Å². The van der Waals surface area contributed by atoms with Gasteiger partial charge in [0.15, 0.2) is 0 Å². The van der Waals surface area contributed by atoms with E-state index in [0.29, 0.717) is 0 Å². The van der Waals surface area contributed by atoms with Crippen LogP contribution in [0.4, 0.5) is 0 Å². The molecule has 0 saturated carbocycles. The van der Waals surface area contributed by atoms with Crippen molar-refractivity contribution < 1.29 is 0 Å². The number of hydrogen-bond donors (Lipinski definition) is 0. The molecule has 6 nitrogen and oxygen atoms in total. The molecule has 6 aromatic heterocycles. The van der Waals surface area contributed by atoms with Crippen molar-refractivity contribution in [1.29, 1.82) is 0 Å². The summed E-state index contributed by atoms with van der Waals surface area (Å²) in [4.78, 5) is 10.3. The van der Waals surface area contributed by atoms with E-state index >= 15 is 0 Å². The van der Waals surface area contributed by atoms with Gasteiger partial charge in [0.1, 0.15) is 11.3 Å². The molecule has 0 fully saturated rings. The Morgan fingerprint density at radius 3 is 1.29 bits per heavy atom. The molecule has 16 rings (SSSR count). The molecule has 0 aliphatic heterocycles. The van der Waals surface area contributed by atoms with Gasteiger partial charge in [-0.1, -0.05) is 146 Å². The highest BCUT2D eigenvalue weighted by molar-refractivity contribution is 6.27. The quantitative estimate of drug-likeness (QED) is 0.163. The highest BCUT2D eigenvalue weighted by Crippen LogP contribution is 2.42. The highest BCUT2D eigenvalue weighted by atomic mass is 15.0. The molecule has 0 aliphatic rings. The predicted molar refractivity (Wildman–Crippen MR) is 284 cm³/mol. The van der Waals surface area contributed by atoms with Crippen molar-refractivity contribution >= 4 is 120 Å². The lowest BCUT2D eigenvalue weighted by Crippen LogP contribution is -1.97. The SMILES string of the molecule is c1ccc(-n2c3ccccc3c3cc4c5ccccc5n5c6ccccc6nc5c4cc32)cc1.c1ccc(-n2c3ccccc3c3ccc4c5ccccc5n5c6ccccc6nc5c4c32)cc1. The largest absolute Gasteiger partial charge is 0.309 e. The maximum atomic E-state index is 5.20. The summed E-state index contributed by atoms with van der Waals surface area (Å²) in [5.74, 6) is 0. The maximum Gasteiger partial charge on any atom is 0.148 e. The fourth-order valence-corrected chi connectivity index (χ4v) is 11.3. The van der Waals surface area contributed by atoms with Crippen molar-refractivity contribution in [3.8, 4) is 11.4 Å². The third-order valence-electron chi connectivity index (χ3n) is 14.1. The molecule has 0 amide bonds. The number of pyridine rings is 2. The summed E-state index contributed by atoms with van der Waals surface area (Å²) in [5.41, 5.74) is 15.8. The zero-order valence-electron chi connectivity index (χ0n) is 36.6. The van der Waals surface area contributed by atoms with E-state index in [-0.39, 0.29) is 0 Å². The van der Waals surface area contributed by atoms with Crippen LogP contribution in [0, 0.1) is 0 Å². The van der Waals surface area contributed by atoms with Crippen LogP contribution in [0.1, 0.15) is 0 Å². The normalized spacial score (nSPS) is 12.1. The van der Waals surface area contributed by atoms with Crippen molar-refractivity contribution in [3.05, 3.63) is 231 Å². The van der Waals surface area contributed by atoms with E-state index in [4.69, 9.17) is 9.97 Å². The summed E-state index contributed by atoms with van der Waals surface area (Å²) in [6, 6.07) is 82.1. The van der Waals surface area contributed by atoms with Crippen molar-refractivity contribution in [2.75, 3.05) is 0 Å². The van der Waals surface area contributed by atoms with Crippen LogP contribution in [-0.4, -0.2) is 27.9 Å². The topological polar surface area (TPSA) is 44.5 Å². The fraction of sp³-hybridized carbons (Fsp3) is 0. The highest BCUT2D eigenvalue weighted by Gasteiger charge is 2.22. The van der Waals surface area contributed by atoms with Gasteiger partial charge in [-0.15, -0.1) is 0 Å². The van der Waals surface area contributed by atoms with E-state index in [1.807, 2.05) is 0 Å². The second-order valence-electron chi connectivity index (χ2n) is 17.7. The number of para-hydroxylation sites is 10. The summed E-state index contributed by atoms with van der Waals surface area (Å²) in [6.45, 7) is 0. The molecule has 68 heavy (non-hydrogen) atoms. The molecule has 0 atom stereocenters. The van der Waals surface area contributed by atoms with Gasteiger partial charge in [0.05, 0.1) is 60.6 Å². The Bertz CT molecular complexity index is 4730. The molecule has 6 heteroatoms. The molecule has 0 aliphatic carbocycles. The number of benzene rings is 10. The second-order valence-corrected chi connectivity index (χ2v) is 17.7. The van der Waals surface area contributed by atoms with E-state index < -0.39 is 0 Å². The Morgan fingerprint density at radius 1 is 0.250 bits per heavy atom. The van der Waals surface area contributed by atoms with Crippen LogP contribution in [0.25, 0.3) is 132 Å². The Morgan fingerprint density at radius 2 is 0.676 bits per heavy atom. The molecule has 6 heterocycles. The molecular formula is C62H38N6. The maximum absolute atomic E-state index is 5.20. The van der Waals surface area contributed by atoms with E-state index in [1.54, 1.807) is 0 Å². The van der Waals surface area contributed by atoms with Crippen LogP contribution in [0.3, 0.4) is 0 Å². The lowest BCUT2D eigenvalue weighted by Gasteiger charge is -2.13. The summed E-state index contributed by atoms with van der Waals surface area (Å²) in [5, 5.41) is 12.3. The van der Waals surface area contributed by atoms with Crippen molar-refractivity contribution in [1.82, 2.24) is 27.9 Å². The van der Waals surface area contributed by atoms with E-state index in [9.17, 15) is 0 Å². The lowest BCUT2D eigenvalue weighted by atomic mass is 10.0. The molecule has 16 aromatic rings. The van der Waals surface area contributed by atoms with E-state index in [0.717, 1.165) is 39.0 Å². The fourth-order valence-electron chi connectivity index (χ4n) is 11.3. The third-order valence-corrected chi connectivity index (χ3v) is 14.1. The van der Waals surface area contributed by atoms with Crippen LogP contribution < -0.4 is 0 Å². The number of rotatable bonds is 2. The molecule has 0 bridgehead atoms. The van der Waals surface area contributed by atoms with Crippen molar-refractivity contribution in [3.63, 3.8) is 0 Å². The number of fused-ring (bicyclic) bond motifs is 23. The van der Waals surface area contributed by atoms with Crippen LogP contribution in [0.5, 0.6) is 0 Å². The Hall–Kier alpha value is -9.26. The van der Waals surface area contributed by atoms with Crippen LogP contribution in [0.15, 0.2) is 231 Å². The first-order valence-corrected chi connectivity index (χ1v) is 23.2. The zero-order chi connectivity index (χ0) is 44.5. The van der Waals surface area contributed by atoms with Gasteiger partial charge in [0, 0.05) is 49.1 Å². The Kier molecular flexibility index (Phi) is 7.69. The standard InChI is InChI=1S/2C31H19N3/c1-2-10-20(11-3-1)33-27-15-7-5-13-22(27)24-18-23-21-12-4-8-16-28(21)34-29-17-9-6-14-26(29)32-31(34)25(23)19-30(24)33;1-2-10-20(11-3-1)33-26-15-7-5-13-22(26)24-19-18-23-21-12-4-8-16-27(21)34-28-17-9-6-14-25(28)32-31(34)29(23)30(24)33/h2*1-19H. The van der Waals surface area contributed by atoms with Gasteiger partial charge in [0.25, 0.3) is 0 Å². The first-order chi connectivity index (χ1) is 33.8. The molecule has 0 saturated heterocycles. The Balaban J connectivity index is 0.000000124. The second kappa shape index (κ2) is 14.1.